The quantitative estimate of drug-likeness (QED) is 0.759. The fourth-order valence-electron chi connectivity index (χ4n) is 3.94. The molecule has 1 unspecified atom stereocenters. The summed E-state index contributed by atoms with van der Waals surface area (Å²) in [6.07, 6.45) is 6.44. The van der Waals surface area contributed by atoms with Crippen LogP contribution in [0.5, 0.6) is 0 Å². The highest BCUT2D eigenvalue weighted by molar-refractivity contribution is 7.89. The van der Waals surface area contributed by atoms with Crippen LogP contribution in [0.1, 0.15) is 25.7 Å². The van der Waals surface area contributed by atoms with Crippen LogP contribution < -0.4 is 0 Å². The third-order valence-corrected chi connectivity index (χ3v) is 7.18. The van der Waals surface area contributed by atoms with Crippen molar-refractivity contribution in [2.75, 3.05) is 32.8 Å². The third-order valence-electron chi connectivity index (χ3n) is 5.50. The average Bonchev–Trinajstić information content (AvgIpc) is 3.15. The zero-order chi connectivity index (χ0) is 17.7. The van der Waals surface area contributed by atoms with Crippen molar-refractivity contribution in [1.82, 2.24) is 18.8 Å². The SMILES string of the molecule is Cn1cnc(S(=O)(=O)N2CC3(CCC(CN4CCCC4=O)CO3)C2)c1. The zero-order valence-electron chi connectivity index (χ0n) is 14.4. The van der Waals surface area contributed by atoms with Crippen molar-refractivity contribution < 1.29 is 17.9 Å². The van der Waals surface area contributed by atoms with Crippen LogP contribution in [0.3, 0.4) is 0 Å². The number of rotatable bonds is 4. The molecule has 1 amide bonds. The van der Waals surface area contributed by atoms with Crippen LogP contribution in [0.15, 0.2) is 17.6 Å². The monoisotopic (exact) mass is 368 g/mol. The van der Waals surface area contributed by atoms with Crippen molar-refractivity contribution in [2.24, 2.45) is 13.0 Å². The number of hydrogen-bond donors (Lipinski definition) is 0. The average molecular weight is 368 g/mol. The highest BCUT2D eigenvalue weighted by atomic mass is 32.2. The highest BCUT2D eigenvalue weighted by Gasteiger charge is 2.51. The lowest BCUT2D eigenvalue weighted by Gasteiger charge is -2.51. The van der Waals surface area contributed by atoms with Crippen molar-refractivity contribution in [1.29, 1.82) is 0 Å². The van der Waals surface area contributed by atoms with E-state index in [0.29, 0.717) is 32.0 Å². The van der Waals surface area contributed by atoms with Gasteiger partial charge in [0, 0.05) is 51.8 Å². The molecule has 3 aliphatic rings. The van der Waals surface area contributed by atoms with Crippen molar-refractivity contribution >= 4 is 15.9 Å². The minimum absolute atomic E-state index is 0.0890. The first-order valence-corrected chi connectivity index (χ1v) is 10.2. The molecular formula is C16H24N4O4S. The number of carbonyl (C=O) groups is 1. The summed E-state index contributed by atoms with van der Waals surface area (Å²) >= 11 is 0. The van der Waals surface area contributed by atoms with Gasteiger partial charge in [-0.1, -0.05) is 0 Å². The topological polar surface area (TPSA) is 84.7 Å². The molecule has 1 spiro atoms. The fraction of sp³-hybridized carbons (Fsp3) is 0.750. The van der Waals surface area contributed by atoms with Crippen LogP contribution in [0.25, 0.3) is 0 Å². The minimum atomic E-state index is -3.53. The van der Waals surface area contributed by atoms with Crippen molar-refractivity contribution in [2.45, 2.75) is 36.3 Å². The molecule has 4 rings (SSSR count). The Morgan fingerprint density at radius 2 is 2.20 bits per heavy atom. The number of amides is 1. The van der Waals surface area contributed by atoms with Crippen molar-refractivity contribution in [3.05, 3.63) is 12.5 Å². The summed E-state index contributed by atoms with van der Waals surface area (Å²) in [4.78, 5) is 17.6. The van der Waals surface area contributed by atoms with E-state index in [9.17, 15) is 13.2 Å². The molecule has 0 saturated carbocycles. The van der Waals surface area contributed by atoms with Gasteiger partial charge in [-0.3, -0.25) is 4.79 Å². The van der Waals surface area contributed by atoms with Gasteiger partial charge in [-0.2, -0.15) is 4.31 Å². The lowest BCUT2D eigenvalue weighted by atomic mass is 9.84. The number of aryl methyl sites for hydroxylation is 1. The van der Waals surface area contributed by atoms with E-state index in [1.807, 2.05) is 4.90 Å². The number of hydrogen-bond acceptors (Lipinski definition) is 5. The molecule has 0 N–H and O–H groups in total. The van der Waals surface area contributed by atoms with Gasteiger partial charge >= 0.3 is 0 Å². The Balaban J connectivity index is 1.31. The number of nitrogens with zero attached hydrogens (tertiary/aromatic N) is 4. The third kappa shape index (κ3) is 3.09. The molecule has 0 aliphatic carbocycles. The van der Waals surface area contributed by atoms with Crippen LogP contribution in [0.2, 0.25) is 0 Å². The van der Waals surface area contributed by atoms with Crippen LogP contribution in [0.4, 0.5) is 0 Å². The number of imidazole rings is 1. The van der Waals surface area contributed by atoms with E-state index >= 15 is 0 Å². The van der Waals surface area contributed by atoms with Gasteiger partial charge < -0.3 is 14.2 Å². The highest BCUT2D eigenvalue weighted by Crippen LogP contribution is 2.38. The summed E-state index contributed by atoms with van der Waals surface area (Å²) in [5, 5.41) is 0.0890. The normalized spacial score (nSPS) is 27.0. The molecular weight excluding hydrogens is 344 g/mol. The summed E-state index contributed by atoms with van der Waals surface area (Å²) in [6, 6.07) is 0. The Hall–Kier alpha value is -1.45. The second kappa shape index (κ2) is 6.07. The maximum absolute atomic E-state index is 12.5. The van der Waals surface area contributed by atoms with E-state index < -0.39 is 10.0 Å². The largest absolute Gasteiger partial charge is 0.372 e. The summed E-state index contributed by atoms with van der Waals surface area (Å²) in [5.74, 6) is 0.602. The van der Waals surface area contributed by atoms with Crippen molar-refractivity contribution in [3.63, 3.8) is 0 Å². The Bertz CT molecular complexity index is 759. The van der Waals surface area contributed by atoms with Crippen LogP contribution in [-0.4, -0.2) is 71.5 Å². The van der Waals surface area contributed by atoms with Gasteiger partial charge in [-0.15, -0.1) is 0 Å². The van der Waals surface area contributed by atoms with Crippen LogP contribution in [-0.2, 0) is 26.6 Å². The fourth-order valence-corrected chi connectivity index (χ4v) is 5.50. The minimum Gasteiger partial charge on any atom is -0.372 e. The Kier molecular flexibility index (Phi) is 4.12. The molecule has 0 bridgehead atoms. The number of ether oxygens (including phenoxy) is 1. The van der Waals surface area contributed by atoms with Gasteiger partial charge in [0.25, 0.3) is 10.0 Å². The van der Waals surface area contributed by atoms with Gasteiger partial charge in [-0.25, -0.2) is 13.4 Å². The molecule has 0 radical (unpaired) electrons. The Morgan fingerprint density at radius 3 is 2.76 bits per heavy atom. The molecule has 1 aromatic heterocycles. The van der Waals surface area contributed by atoms with Crippen LogP contribution in [0, 0.1) is 5.92 Å². The lowest BCUT2D eigenvalue weighted by molar-refractivity contribution is -0.160. The van der Waals surface area contributed by atoms with E-state index in [1.54, 1.807) is 11.6 Å². The van der Waals surface area contributed by atoms with E-state index in [4.69, 9.17) is 4.74 Å². The summed E-state index contributed by atoms with van der Waals surface area (Å²) < 4.78 is 34.2. The number of carbonyl (C=O) groups excluding carboxylic acids is 1. The zero-order valence-corrected chi connectivity index (χ0v) is 15.2. The van der Waals surface area contributed by atoms with Gasteiger partial charge in [-0.05, 0) is 19.3 Å². The van der Waals surface area contributed by atoms with Gasteiger partial charge in [0.1, 0.15) is 0 Å². The molecule has 138 valence electrons. The predicted molar refractivity (Wildman–Crippen MR) is 89.2 cm³/mol. The maximum atomic E-state index is 12.5. The maximum Gasteiger partial charge on any atom is 0.262 e. The van der Waals surface area contributed by atoms with E-state index in [-0.39, 0.29) is 16.5 Å². The molecule has 8 nitrogen and oxygen atoms in total. The summed E-state index contributed by atoms with van der Waals surface area (Å²) in [6.45, 7) is 3.01. The van der Waals surface area contributed by atoms with Crippen LogP contribution >= 0.6 is 0 Å². The smallest absolute Gasteiger partial charge is 0.262 e. The van der Waals surface area contributed by atoms with Gasteiger partial charge in [0.05, 0.1) is 18.5 Å². The molecule has 3 aliphatic heterocycles. The Morgan fingerprint density at radius 1 is 1.40 bits per heavy atom. The standard InChI is InChI=1S/C16H24N4O4S/c1-18-8-14(17-12-18)25(22,23)20-10-16(11-20)5-4-13(9-24-16)7-19-6-2-3-15(19)21/h8,12-13H,2-7,9-11H2,1H3. The number of likely N-dealkylation sites (tertiary alicyclic amines) is 1. The number of aromatic nitrogens is 2. The first-order chi connectivity index (χ1) is 11.9. The molecule has 1 atom stereocenters. The molecule has 0 aromatic carbocycles. The van der Waals surface area contributed by atoms with E-state index in [0.717, 1.165) is 32.4 Å². The molecule has 4 heterocycles. The second-order valence-electron chi connectivity index (χ2n) is 7.49. The second-order valence-corrected chi connectivity index (χ2v) is 9.38. The molecule has 3 saturated heterocycles. The first-order valence-electron chi connectivity index (χ1n) is 8.78. The predicted octanol–water partition coefficient (Wildman–Crippen LogP) is 0.212. The molecule has 3 fully saturated rings. The Labute approximate surface area is 147 Å². The van der Waals surface area contributed by atoms with E-state index in [1.165, 1.54) is 16.8 Å². The van der Waals surface area contributed by atoms with Crippen molar-refractivity contribution in [3.8, 4) is 0 Å². The van der Waals surface area contributed by atoms with Gasteiger partial charge in [0.2, 0.25) is 5.91 Å². The molecule has 25 heavy (non-hydrogen) atoms. The lowest BCUT2D eigenvalue weighted by Crippen LogP contribution is -2.66. The summed E-state index contributed by atoms with van der Waals surface area (Å²) in [5.41, 5.74) is -0.354. The summed E-state index contributed by atoms with van der Waals surface area (Å²) in [7, 11) is -1.78. The van der Waals surface area contributed by atoms with Gasteiger partial charge in [0.15, 0.2) is 5.03 Å². The molecule has 1 aromatic rings. The molecule has 9 heteroatoms. The number of sulfonamides is 1. The van der Waals surface area contributed by atoms with E-state index in [2.05, 4.69) is 4.98 Å². The first kappa shape index (κ1) is 17.0.